The molecule has 2 rings (SSSR count). The molecule has 0 bridgehead atoms. The van der Waals surface area contributed by atoms with E-state index in [1.165, 1.54) is 0 Å². The van der Waals surface area contributed by atoms with Gasteiger partial charge in [0.15, 0.2) is 0 Å². The molecule has 2 N–H and O–H groups in total. The second kappa shape index (κ2) is 5.52. The molecule has 1 heterocycles. The molecule has 1 unspecified atom stereocenters. The van der Waals surface area contributed by atoms with Gasteiger partial charge >= 0.3 is 6.03 Å². The van der Waals surface area contributed by atoms with Gasteiger partial charge in [0.1, 0.15) is 0 Å². The van der Waals surface area contributed by atoms with Crippen molar-refractivity contribution in [2.45, 2.75) is 13.0 Å². The van der Waals surface area contributed by atoms with E-state index in [0.29, 0.717) is 17.8 Å². The molecular formula is C13H16N4O. The van der Waals surface area contributed by atoms with Gasteiger partial charge in [-0.05, 0) is 25.1 Å². The molecule has 1 aromatic rings. The number of hydrogen-bond acceptors (Lipinski definition) is 3. The van der Waals surface area contributed by atoms with E-state index in [1.807, 2.05) is 6.92 Å². The van der Waals surface area contributed by atoms with E-state index in [0.717, 1.165) is 13.1 Å². The summed E-state index contributed by atoms with van der Waals surface area (Å²) < 4.78 is 0. The van der Waals surface area contributed by atoms with Crippen LogP contribution >= 0.6 is 0 Å². The number of nitrogens with one attached hydrogen (secondary N) is 2. The topological polar surface area (TPSA) is 68.2 Å². The summed E-state index contributed by atoms with van der Waals surface area (Å²) in [5.74, 6) is 0. The predicted molar refractivity (Wildman–Crippen MR) is 69.2 cm³/mol. The fourth-order valence-corrected chi connectivity index (χ4v) is 2.00. The summed E-state index contributed by atoms with van der Waals surface area (Å²) in [5.41, 5.74) is 1.20. The maximum Gasteiger partial charge on any atom is 0.322 e. The molecule has 1 aromatic carbocycles. The Labute approximate surface area is 106 Å². The summed E-state index contributed by atoms with van der Waals surface area (Å²) in [4.78, 5) is 13.9. The van der Waals surface area contributed by atoms with Gasteiger partial charge in [-0.15, -0.1) is 0 Å². The van der Waals surface area contributed by atoms with Crippen LogP contribution in [0.3, 0.4) is 0 Å². The number of hydrogen-bond donors (Lipinski definition) is 2. The number of carbonyl (C=O) groups is 1. The van der Waals surface area contributed by atoms with Crippen LogP contribution in [-0.4, -0.2) is 36.6 Å². The number of carbonyl (C=O) groups excluding carboxylic acids is 1. The Morgan fingerprint density at radius 1 is 1.61 bits per heavy atom. The van der Waals surface area contributed by atoms with Crippen molar-refractivity contribution in [3.8, 4) is 6.07 Å². The SMILES string of the molecule is CC1CNCCN1C(=O)Nc1cccc(C#N)c1. The monoisotopic (exact) mass is 244 g/mol. The van der Waals surface area contributed by atoms with Gasteiger partial charge in [-0.25, -0.2) is 4.79 Å². The highest BCUT2D eigenvalue weighted by Gasteiger charge is 2.22. The first-order chi connectivity index (χ1) is 8.70. The van der Waals surface area contributed by atoms with Crippen LogP contribution in [0.2, 0.25) is 0 Å². The number of benzene rings is 1. The first kappa shape index (κ1) is 12.4. The summed E-state index contributed by atoms with van der Waals surface area (Å²) in [5, 5.41) is 14.9. The molecule has 0 radical (unpaired) electrons. The smallest absolute Gasteiger partial charge is 0.319 e. The van der Waals surface area contributed by atoms with Crippen LogP contribution < -0.4 is 10.6 Å². The molecule has 1 fully saturated rings. The van der Waals surface area contributed by atoms with Crippen molar-refractivity contribution in [1.82, 2.24) is 10.2 Å². The Kier molecular flexibility index (Phi) is 3.80. The fourth-order valence-electron chi connectivity index (χ4n) is 2.00. The zero-order chi connectivity index (χ0) is 13.0. The van der Waals surface area contributed by atoms with Gasteiger partial charge in [0.2, 0.25) is 0 Å². The number of rotatable bonds is 1. The highest BCUT2D eigenvalue weighted by atomic mass is 16.2. The molecule has 18 heavy (non-hydrogen) atoms. The lowest BCUT2D eigenvalue weighted by atomic mass is 10.2. The Bertz CT molecular complexity index is 480. The number of urea groups is 1. The van der Waals surface area contributed by atoms with E-state index in [9.17, 15) is 4.79 Å². The Hall–Kier alpha value is -2.06. The minimum Gasteiger partial charge on any atom is -0.319 e. The Morgan fingerprint density at radius 2 is 2.44 bits per heavy atom. The zero-order valence-corrected chi connectivity index (χ0v) is 10.3. The second-order valence-electron chi connectivity index (χ2n) is 4.37. The molecule has 0 spiro atoms. The third-order valence-corrected chi connectivity index (χ3v) is 3.01. The summed E-state index contributed by atoms with van der Waals surface area (Å²) in [6, 6.07) is 9.05. The van der Waals surface area contributed by atoms with Crippen LogP contribution in [0.25, 0.3) is 0 Å². The standard InChI is InChI=1S/C13H16N4O/c1-10-9-15-5-6-17(10)13(18)16-12-4-2-3-11(7-12)8-14/h2-4,7,10,15H,5-6,9H2,1H3,(H,16,18). The van der Waals surface area contributed by atoms with E-state index in [-0.39, 0.29) is 12.1 Å². The van der Waals surface area contributed by atoms with E-state index >= 15 is 0 Å². The summed E-state index contributed by atoms with van der Waals surface area (Å²) >= 11 is 0. The van der Waals surface area contributed by atoms with Gasteiger partial charge in [0.05, 0.1) is 11.6 Å². The first-order valence-electron chi connectivity index (χ1n) is 5.99. The highest BCUT2D eigenvalue weighted by molar-refractivity contribution is 5.89. The molecule has 1 saturated heterocycles. The number of nitrogens with zero attached hydrogens (tertiary/aromatic N) is 2. The minimum absolute atomic E-state index is 0.112. The lowest BCUT2D eigenvalue weighted by Crippen LogP contribution is -2.53. The van der Waals surface area contributed by atoms with Gasteiger partial charge < -0.3 is 15.5 Å². The van der Waals surface area contributed by atoms with Crippen LogP contribution in [0, 0.1) is 11.3 Å². The van der Waals surface area contributed by atoms with Gasteiger partial charge in [-0.2, -0.15) is 5.26 Å². The van der Waals surface area contributed by atoms with Gasteiger partial charge in [-0.3, -0.25) is 0 Å². The number of nitriles is 1. The second-order valence-corrected chi connectivity index (χ2v) is 4.37. The van der Waals surface area contributed by atoms with E-state index in [4.69, 9.17) is 5.26 Å². The molecule has 2 amide bonds. The average Bonchev–Trinajstić information content (AvgIpc) is 2.39. The van der Waals surface area contributed by atoms with Crippen LogP contribution in [0.5, 0.6) is 0 Å². The molecule has 0 aliphatic carbocycles. The average molecular weight is 244 g/mol. The van der Waals surface area contributed by atoms with Crippen molar-refractivity contribution in [3.63, 3.8) is 0 Å². The summed E-state index contributed by atoms with van der Waals surface area (Å²) in [6.45, 7) is 4.34. The third kappa shape index (κ3) is 2.79. The fraction of sp³-hybridized carbons (Fsp3) is 0.385. The van der Waals surface area contributed by atoms with Gasteiger partial charge in [0.25, 0.3) is 0 Å². The summed E-state index contributed by atoms with van der Waals surface area (Å²) in [6.07, 6.45) is 0. The van der Waals surface area contributed by atoms with E-state index in [2.05, 4.69) is 16.7 Å². The molecule has 0 saturated carbocycles. The van der Waals surface area contributed by atoms with Gasteiger partial charge in [-0.1, -0.05) is 6.07 Å². The van der Waals surface area contributed by atoms with Crippen molar-refractivity contribution in [2.75, 3.05) is 25.0 Å². The number of piperazine rings is 1. The van der Waals surface area contributed by atoms with E-state index < -0.39 is 0 Å². The van der Waals surface area contributed by atoms with E-state index in [1.54, 1.807) is 29.2 Å². The van der Waals surface area contributed by atoms with Crippen LogP contribution in [0.15, 0.2) is 24.3 Å². The Balaban J connectivity index is 2.04. The maximum atomic E-state index is 12.1. The largest absolute Gasteiger partial charge is 0.322 e. The first-order valence-corrected chi connectivity index (χ1v) is 5.99. The molecule has 5 nitrogen and oxygen atoms in total. The molecule has 94 valence electrons. The van der Waals surface area contributed by atoms with Gasteiger partial charge in [0, 0.05) is 31.4 Å². The van der Waals surface area contributed by atoms with Crippen LogP contribution in [0.1, 0.15) is 12.5 Å². The molecular weight excluding hydrogens is 228 g/mol. The molecule has 1 aliphatic rings. The highest BCUT2D eigenvalue weighted by Crippen LogP contribution is 2.12. The summed E-state index contributed by atoms with van der Waals surface area (Å²) in [7, 11) is 0. The van der Waals surface area contributed by atoms with Crippen LogP contribution in [-0.2, 0) is 0 Å². The zero-order valence-electron chi connectivity index (χ0n) is 10.3. The normalized spacial score (nSPS) is 19.1. The van der Waals surface area contributed by atoms with Crippen molar-refractivity contribution < 1.29 is 4.79 Å². The minimum atomic E-state index is -0.112. The lowest BCUT2D eigenvalue weighted by Gasteiger charge is -2.33. The molecule has 0 aromatic heterocycles. The third-order valence-electron chi connectivity index (χ3n) is 3.01. The number of amides is 2. The van der Waals surface area contributed by atoms with Crippen LogP contribution in [0.4, 0.5) is 10.5 Å². The van der Waals surface area contributed by atoms with Crippen molar-refractivity contribution in [3.05, 3.63) is 29.8 Å². The molecule has 1 atom stereocenters. The lowest BCUT2D eigenvalue weighted by molar-refractivity contribution is 0.177. The Morgan fingerprint density at radius 3 is 3.17 bits per heavy atom. The molecule has 1 aliphatic heterocycles. The van der Waals surface area contributed by atoms with Crippen molar-refractivity contribution in [1.29, 1.82) is 5.26 Å². The van der Waals surface area contributed by atoms with Crippen molar-refractivity contribution >= 4 is 11.7 Å². The quantitative estimate of drug-likeness (QED) is 0.784. The van der Waals surface area contributed by atoms with Crippen molar-refractivity contribution in [2.24, 2.45) is 0 Å². The number of anilines is 1. The molecule has 5 heteroatoms. The maximum absolute atomic E-state index is 12.1. The predicted octanol–water partition coefficient (Wildman–Crippen LogP) is 1.38.